The molecule has 8 heavy (non-hydrogen) atoms. The van der Waals surface area contributed by atoms with Crippen molar-refractivity contribution in [2.24, 2.45) is 5.73 Å². The summed E-state index contributed by atoms with van der Waals surface area (Å²) in [5.41, 5.74) is 4.88. The number of primary amides is 1. The second-order valence-electron chi connectivity index (χ2n) is 1.42. The van der Waals surface area contributed by atoms with Crippen LogP contribution in [0, 0.1) is 0 Å². The van der Waals surface area contributed by atoms with E-state index in [0.717, 1.165) is 5.33 Å². The molecule has 0 fully saturated rings. The van der Waals surface area contributed by atoms with Gasteiger partial charge in [0.1, 0.15) is 0 Å². The van der Waals surface area contributed by atoms with Crippen LogP contribution in [0.15, 0.2) is 0 Å². The van der Waals surface area contributed by atoms with Gasteiger partial charge in [0.15, 0.2) is 0 Å². The molecular formula is C4H7Br2NO. The van der Waals surface area contributed by atoms with Crippen LogP contribution in [0.4, 0.5) is 0 Å². The van der Waals surface area contributed by atoms with E-state index in [2.05, 4.69) is 31.9 Å². The highest BCUT2D eigenvalue weighted by atomic mass is 79.9. The molecule has 2 N–H and O–H groups in total. The zero-order chi connectivity index (χ0) is 6.57. The molecule has 4 heteroatoms. The fourth-order valence-corrected chi connectivity index (χ4v) is 0.821. The molecule has 0 aromatic carbocycles. The lowest BCUT2D eigenvalue weighted by Crippen LogP contribution is -2.16. The standard InChI is InChI=1S/C4H7Br2NO/c5-2-3(6)1-4(7)8/h3H,1-2H2,(H2,7,8). The molecule has 0 aromatic heterocycles. The van der Waals surface area contributed by atoms with Crippen molar-refractivity contribution in [1.29, 1.82) is 0 Å². The number of amides is 1. The molecule has 0 radical (unpaired) electrons. The second kappa shape index (κ2) is 4.32. The minimum absolute atomic E-state index is 0.181. The first kappa shape index (κ1) is 8.43. The molecule has 0 bridgehead atoms. The molecule has 0 spiro atoms. The summed E-state index contributed by atoms with van der Waals surface area (Å²) in [7, 11) is 0. The van der Waals surface area contributed by atoms with Gasteiger partial charge in [0, 0.05) is 16.6 Å². The Morgan fingerprint density at radius 2 is 2.25 bits per heavy atom. The van der Waals surface area contributed by atoms with E-state index < -0.39 is 0 Å². The maximum Gasteiger partial charge on any atom is 0.218 e. The van der Waals surface area contributed by atoms with Crippen molar-refractivity contribution in [2.75, 3.05) is 5.33 Å². The molecule has 1 unspecified atom stereocenters. The summed E-state index contributed by atoms with van der Waals surface area (Å²) in [6.07, 6.45) is 0.394. The first-order valence-corrected chi connectivity index (χ1v) is 4.19. The third-order valence-electron chi connectivity index (χ3n) is 0.590. The Labute approximate surface area is 65.1 Å². The van der Waals surface area contributed by atoms with Crippen molar-refractivity contribution in [3.8, 4) is 0 Å². The van der Waals surface area contributed by atoms with Gasteiger partial charge in [0.05, 0.1) is 0 Å². The molecule has 0 aliphatic rings. The largest absolute Gasteiger partial charge is 0.370 e. The first-order chi connectivity index (χ1) is 3.66. The molecule has 0 rings (SSSR count). The van der Waals surface area contributed by atoms with Crippen LogP contribution in [-0.4, -0.2) is 16.1 Å². The van der Waals surface area contributed by atoms with Gasteiger partial charge in [-0.2, -0.15) is 0 Å². The zero-order valence-corrected chi connectivity index (χ0v) is 7.41. The van der Waals surface area contributed by atoms with E-state index in [1.54, 1.807) is 0 Å². The van der Waals surface area contributed by atoms with Gasteiger partial charge < -0.3 is 5.73 Å². The van der Waals surface area contributed by atoms with Gasteiger partial charge in [-0.3, -0.25) is 4.79 Å². The van der Waals surface area contributed by atoms with Crippen LogP contribution in [0.25, 0.3) is 0 Å². The van der Waals surface area contributed by atoms with E-state index in [-0.39, 0.29) is 10.7 Å². The third kappa shape index (κ3) is 4.59. The Morgan fingerprint density at radius 3 is 2.38 bits per heavy atom. The van der Waals surface area contributed by atoms with Gasteiger partial charge in [0.2, 0.25) is 5.91 Å². The fraction of sp³-hybridized carbons (Fsp3) is 0.750. The van der Waals surface area contributed by atoms with E-state index in [1.165, 1.54) is 0 Å². The van der Waals surface area contributed by atoms with Crippen molar-refractivity contribution in [2.45, 2.75) is 11.2 Å². The van der Waals surface area contributed by atoms with Crippen LogP contribution in [0.3, 0.4) is 0 Å². The van der Waals surface area contributed by atoms with E-state index in [0.29, 0.717) is 6.42 Å². The number of hydrogen-bond donors (Lipinski definition) is 1. The Hall–Kier alpha value is 0.430. The summed E-state index contributed by atoms with van der Waals surface area (Å²) in [5, 5.41) is 0.760. The lowest BCUT2D eigenvalue weighted by atomic mass is 10.3. The monoisotopic (exact) mass is 243 g/mol. The molecule has 0 saturated heterocycles. The summed E-state index contributed by atoms with van der Waals surface area (Å²) < 4.78 is 0. The number of carbonyl (C=O) groups excluding carboxylic acids is 1. The van der Waals surface area contributed by atoms with Crippen molar-refractivity contribution in [3.05, 3.63) is 0 Å². The van der Waals surface area contributed by atoms with Crippen LogP contribution in [-0.2, 0) is 4.79 Å². The molecule has 48 valence electrons. The fourth-order valence-electron chi connectivity index (χ4n) is 0.273. The first-order valence-electron chi connectivity index (χ1n) is 2.15. The summed E-state index contributed by atoms with van der Waals surface area (Å²) in [5.74, 6) is -0.272. The van der Waals surface area contributed by atoms with E-state index >= 15 is 0 Å². The maximum atomic E-state index is 10.1. The minimum Gasteiger partial charge on any atom is -0.370 e. The lowest BCUT2D eigenvalue weighted by molar-refractivity contribution is -0.117. The van der Waals surface area contributed by atoms with E-state index in [9.17, 15) is 4.79 Å². The average molecular weight is 245 g/mol. The highest BCUT2D eigenvalue weighted by Crippen LogP contribution is 2.06. The summed E-state index contributed by atoms with van der Waals surface area (Å²) in [6, 6.07) is 0. The molecular weight excluding hydrogens is 238 g/mol. The Balaban J connectivity index is 3.24. The van der Waals surface area contributed by atoms with Crippen LogP contribution >= 0.6 is 31.9 Å². The normalized spacial score (nSPS) is 13.2. The van der Waals surface area contributed by atoms with E-state index in [4.69, 9.17) is 5.73 Å². The predicted molar refractivity (Wildman–Crippen MR) is 40.3 cm³/mol. The molecule has 0 heterocycles. The number of halogens is 2. The smallest absolute Gasteiger partial charge is 0.218 e. The maximum absolute atomic E-state index is 10.1. The number of hydrogen-bond acceptors (Lipinski definition) is 1. The van der Waals surface area contributed by atoms with Crippen LogP contribution in [0.5, 0.6) is 0 Å². The van der Waals surface area contributed by atoms with Crippen LogP contribution < -0.4 is 5.73 Å². The summed E-state index contributed by atoms with van der Waals surface area (Å²) in [4.78, 5) is 10.3. The van der Waals surface area contributed by atoms with Crippen LogP contribution in [0.2, 0.25) is 0 Å². The van der Waals surface area contributed by atoms with Crippen molar-refractivity contribution < 1.29 is 4.79 Å². The topological polar surface area (TPSA) is 43.1 Å². The Kier molecular flexibility index (Phi) is 4.56. The molecule has 0 aliphatic heterocycles. The zero-order valence-electron chi connectivity index (χ0n) is 4.23. The number of alkyl halides is 2. The Morgan fingerprint density at radius 1 is 1.75 bits per heavy atom. The number of nitrogens with two attached hydrogens (primary N) is 1. The molecule has 1 atom stereocenters. The molecule has 1 amide bonds. The lowest BCUT2D eigenvalue weighted by Gasteiger charge is -1.98. The van der Waals surface area contributed by atoms with Gasteiger partial charge in [-0.05, 0) is 0 Å². The molecule has 0 aliphatic carbocycles. The van der Waals surface area contributed by atoms with Gasteiger partial charge in [-0.1, -0.05) is 31.9 Å². The summed E-state index contributed by atoms with van der Waals surface area (Å²) >= 11 is 6.42. The third-order valence-corrected chi connectivity index (χ3v) is 2.89. The van der Waals surface area contributed by atoms with E-state index in [1.807, 2.05) is 0 Å². The van der Waals surface area contributed by atoms with Crippen molar-refractivity contribution in [1.82, 2.24) is 0 Å². The molecule has 0 aromatic rings. The van der Waals surface area contributed by atoms with Crippen molar-refractivity contribution in [3.63, 3.8) is 0 Å². The SMILES string of the molecule is NC(=O)CC(Br)CBr. The van der Waals surface area contributed by atoms with Gasteiger partial charge in [0.25, 0.3) is 0 Å². The van der Waals surface area contributed by atoms with Gasteiger partial charge in [-0.15, -0.1) is 0 Å². The van der Waals surface area contributed by atoms with Gasteiger partial charge >= 0.3 is 0 Å². The molecule has 0 saturated carbocycles. The number of carbonyl (C=O) groups is 1. The number of rotatable bonds is 3. The molecule has 2 nitrogen and oxygen atoms in total. The predicted octanol–water partition coefficient (Wildman–Crippen LogP) is 1.02. The highest BCUT2D eigenvalue weighted by molar-refractivity contribution is 9.12. The average Bonchev–Trinajstić information content (AvgIpc) is 1.65. The van der Waals surface area contributed by atoms with Crippen molar-refractivity contribution >= 4 is 37.8 Å². The van der Waals surface area contributed by atoms with Gasteiger partial charge in [-0.25, -0.2) is 0 Å². The quantitative estimate of drug-likeness (QED) is 0.741. The summed E-state index contributed by atoms with van der Waals surface area (Å²) in [6.45, 7) is 0. The second-order valence-corrected chi connectivity index (χ2v) is 3.36. The van der Waals surface area contributed by atoms with Crippen LogP contribution in [0.1, 0.15) is 6.42 Å². The Bertz CT molecular complexity index is 86.1. The minimum atomic E-state index is -0.272. The highest BCUT2D eigenvalue weighted by Gasteiger charge is 2.03.